The summed E-state index contributed by atoms with van der Waals surface area (Å²) in [6, 6.07) is 10.8. The lowest BCUT2D eigenvalue weighted by Gasteiger charge is -2.60. The van der Waals surface area contributed by atoms with Crippen molar-refractivity contribution in [1.82, 2.24) is 4.98 Å². The second kappa shape index (κ2) is 11.1. The second-order valence-electron chi connectivity index (χ2n) is 13.6. The second-order valence-corrected chi connectivity index (χ2v) is 15.8. The first-order valence-corrected chi connectivity index (χ1v) is 17.4. The maximum atomic E-state index is 14.8. The van der Waals surface area contributed by atoms with Gasteiger partial charge in [0.1, 0.15) is 17.2 Å². The van der Waals surface area contributed by atoms with Gasteiger partial charge in [-0.2, -0.15) is 0 Å². The number of allylic oxidation sites excluding steroid dienone is 1. The van der Waals surface area contributed by atoms with E-state index >= 15 is 0 Å². The van der Waals surface area contributed by atoms with Crippen LogP contribution in [0.2, 0.25) is 0 Å². The highest BCUT2D eigenvalue weighted by Crippen LogP contribution is 2.68. The fourth-order valence-corrected chi connectivity index (χ4v) is 11.4. The van der Waals surface area contributed by atoms with Crippen LogP contribution >= 0.6 is 23.1 Å². The van der Waals surface area contributed by atoms with Crippen molar-refractivity contribution in [2.45, 2.75) is 74.8 Å². The van der Waals surface area contributed by atoms with Crippen LogP contribution in [0.1, 0.15) is 69.2 Å². The lowest BCUT2D eigenvalue weighted by molar-refractivity contribution is -0.180. The molecule has 4 aliphatic rings. The number of para-hydroxylation sites is 1. The van der Waals surface area contributed by atoms with Crippen molar-refractivity contribution in [3.8, 4) is 0 Å². The minimum absolute atomic E-state index is 0.0320. The summed E-state index contributed by atoms with van der Waals surface area (Å²) in [5.41, 5.74) is -1.90. The van der Waals surface area contributed by atoms with Gasteiger partial charge in [0.25, 0.3) is 0 Å². The van der Waals surface area contributed by atoms with Crippen LogP contribution in [0.4, 0.5) is 8.78 Å². The number of fused-ring (bicyclic) bond motifs is 6. The van der Waals surface area contributed by atoms with Crippen LogP contribution in [-0.4, -0.2) is 45.1 Å². The number of ether oxygens (including phenoxy) is 1. The number of carbonyl (C=O) groups is 3. The largest absolute Gasteiger partial charge is 0.447 e. The van der Waals surface area contributed by atoms with E-state index in [-0.39, 0.29) is 53.3 Å². The van der Waals surface area contributed by atoms with Crippen molar-refractivity contribution in [1.29, 1.82) is 0 Å². The van der Waals surface area contributed by atoms with Gasteiger partial charge in [-0.1, -0.05) is 49.4 Å². The van der Waals surface area contributed by atoms with E-state index in [4.69, 9.17) is 4.74 Å². The monoisotopic (exact) mass is 651 g/mol. The molecule has 1 aromatic heterocycles. The molecule has 6 unspecified atom stereocenters. The molecule has 0 aliphatic heterocycles. The Hall–Kier alpha value is -2.95. The van der Waals surface area contributed by atoms with Crippen molar-refractivity contribution in [2.75, 3.05) is 5.75 Å². The average molecular weight is 652 g/mol. The first kappa shape index (κ1) is 30.7. The Bertz CT molecular complexity index is 1700. The summed E-state index contributed by atoms with van der Waals surface area (Å²) in [5.74, 6) is -3.74. The van der Waals surface area contributed by atoms with Crippen LogP contribution in [0.3, 0.4) is 0 Å². The van der Waals surface area contributed by atoms with E-state index in [0.29, 0.717) is 23.6 Å². The van der Waals surface area contributed by atoms with E-state index < -0.39 is 40.3 Å². The molecule has 0 spiro atoms. The summed E-state index contributed by atoms with van der Waals surface area (Å²) >= 11 is 2.73. The first-order chi connectivity index (χ1) is 21.5. The number of rotatable bonds is 6. The number of thioether (sulfide) groups is 1. The Labute approximate surface area is 268 Å². The normalized spacial score (nSPS) is 34.1. The molecule has 0 radical (unpaired) electrons. The molecule has 3 fully saturated rings. The van der Waals surface area contributed by atoms with Crippen LogP contribution < -0.4 is 0 Å². The number of aliphatic hydroxyl groups is 1. The van der Waals surface area contributed by atoms with E-state index in [1.54, 1.807) is 6.08 Å². The number of carbonyl (C=O) groups excluding carboxylic acids is 3. The van der Waals surface area contributed by atoms with Crippen LogP contribution in [0.5, 0.6) is 0 Å². The third kappa shape index (κ3) is 4.73. The van der Waals surface area contributed by atoms with Gasteiger partial charge in [0.15, 0.2) is 21.5 Å². The number of esters is 1. The third-order valence-corrected chi connectivity index (χ3v) is 13.7. The smallest absolute Gasteiger partial charge is 0.345 e. The summed E-state index contributed by atoms with van der Waals surface area (Å²) < 4.78 is 37.4. The number of thiazole rings is 1. The lowest BCUT2D eigenvalue weighted by atomic mass is 9.45. The lowest BCUT2D eigenvalue weighted by Crippen LogP contribution is -2.63. The van der Waals surface area contributed by atoms with E-state index in [1.807, 2.05) is 31.2 Å². The molecule has 45 heavy (non-hydrogen) atoms. The van der Waals surface area contributed by atoms with E-state index in [1.165, 1.54) is 29.2 Å². The number of nitrogens with zero attached hydrogens (tertiary/aromatic N) is 1. The molecule has 236 valence electrons. The fraction of sp³-hybridized carbons (Fsp3) is 0.486. The van der Waals surface area contributed by atoms with E-state index in [2.05, 4.69) is 11.9 Å². The third-order valence-electron chi connectivity index (χ3n) is 11.5. The molecular formula is C35H35F2NO5S2. The molecule has 6 nitrogen and oxygen atoms in total. The molecule has 10 heteroatoms. The summed E-state index contributed by atoms with van der Waals surface area (Å²) in [5, 5.41) is 11.9. The van der Waals surface area contributed by atoms with Crippen molar-refractivity contribution >= 4 is 50.9 Å². The van der Waals surface area contributed by atoms with Gasteiger partial charge >= 0.3 is 5.97 Å². The molecule has 2 aromatic carbocycles. The van der Waals surface area contributed by atoms with Crippen molar-refractivity contribution < 1.29 is 33.0 Å². The number of halogens is 2. The highest BCUT2D eigenvalue weighted by Gasteiger charge is 2.70. The van der Waals surface area contributed by atoms with Gasteiger partial charge in [-0.05, 0) is 92.0 Å². The fourth-order valence-electron chi connectivity index (χ4n) is 9.42. The average Bonchev–Trinajstić information content (AvgIpc) is 3.54. The van der Waals surface area contributed by atoms with E-state index in [0.717, 1.165) is 40.8 Å². The van der Waals surface area contributed by atoms with Crippen LogP contribution in [0, 0.1) is 40.2 Å². The number of aromatic nitrogens is 1. The quantitative estimate of drug-likeness (QED) is 0.220. The minimum atomic E-state index is -1.70. The van der Waals surface area contributed by atoms with Crippen LogP contribution in [0.15, 0.2) is 58.5 Å². The molecule has 1 heterocycles. The molecule has 0 saturated heterocycles. The van der Waals surface area contributed by atoms with Crippen molar-refractivity contribution in [3.63, 3.8) is 0 Å². The number of benzene rings is 2. The molecular weight excluding hydrogens is 617 g/mol. The summed E-state index contributed by atoms with van der Waals surface area (Å²) in [6.07, 6.45) is 4.51. The van der Waals surface area contributed by atoms with Crippen molar-refractivity contribution in [2.24, 2.45) is 28.6 Å². The zero-order valence-corrected chi connectivity index (χ0v) is 26.8. The molecule has 0 amide bonds. The Balaban J connectivity index is 1.25. The summed E-state index contributed by atoms with van der Waals surface area (Å²) in [6.45, 7) is 4.06. The first-order valence-electron chi connectivity index (χ1n) is 15.6. The topological polar surface area (TPSA) is 93.6 Å². The number of Topliss-reactive ketones (excluding diaryl/α,β-unsaturated/α-hetero) is 1. The van der Waals surface area contributed by atoms with Crippen LogP contribution in [0.25, 0.3) is 10.2 Å². The number of ketones is 2. The molecule has 3 saturated carbocycles. The molecule has 3 aromatic rings. The predicted molar refractivity (Wildman–Crippen MR) is 168 cm³/mol. The Kier molecular flexibility index (Phi) is 7.56. The molecule has 7 atom stereocenters. The summed E-state index contributed by atoms with van der Waals surface area (Å²) in [4.78, 5) is 45.1. The number of hydrogen-bond donors (Lipinski definition) is 1. The number of hydrogen-bond acceptors (Lipinski definition) is 8. The zero-order valence-electron chi connectivity index (χ0n) is 25.2. The van der Waals surface area contributed by atoms with Gasteiger partial charge in [-0.25, -0.2) is 18.6 Å². The highest BCUT2D eigenvalue weighted by atomic mass is 32.2. The standard InChI is InChI=1S/C35H35F2NO5S2/c1-33-14-12-20(39)16-19(33)10-11-21-22-13-15-35(34(22,2)17-26(40)30(21)33,43-31(42)29-23(36)6-5-7-24(29)37)28(41)18-44-32-38-25-8-3-4-9-27(25)45-32/h3-9,16,21-22,26,30,40H,10-15,17-18H2,1-2H3/t21?,22?,26?,30?,33?,34?,35-/m0/s1. The number of aliphatic hydroxyl groups excluding tert-OH is 1. The molecule has 1 N–H and O–H groups in total. The molecule has 0 bridgehead atoms. The summed E-state index contributed by atoms with van der Waals surface area (Å²) in [7, 11) is 0. The van der Waals surface area contributed by atoms with E-state index in [9.17, 15) is 28.3 Å². The van der Waals surface area contributed by atoms with Crippen molar-refractivity contribution in [3.05, 3.63) is 71.3 Å². The Morgan fingerprint density at radius 1 is 1.07 bits per heavy atom. The zero-order chi connectivity index (χ0) is 31.7. The highest BCUT2D eigenvalue weighted by molar-refractivity contribution is 8.01. The van der Waals surface area contributed by atoms with Gasteiger partial charge < -0.3 is 9.84 Å². The maximum Gasteiger partial charge on any atom is 0.345 e. The molecule has 7 rings (SSSR count). The van der Waals surface area contributed by atoms with Gasteiger partial charge in [0.05, 0.1) is 22.1 Å². The van der Waals surface area contributed by atoms with Gasteiger partial charge in [0, 0.05) is 11.8 Å². The van der Waals surface area contributed by atoms with Gasteiger partial charge in [-0.3, -0.25) is 9.59 Å². The van der Waals surface area contributed by atoms with Gasteiger partial charge in [0.2, 0.25) is 0 Å². The van der Waals surface area contributed by atoms with Crippen LogP contribution in [-0.2, 0) is 14.3 Å². The molecule has 4 aliphatic carbocycles. The Morgan fingerprint density at radius 3 is 2.58 bits per heavy atom. The maximum absolute atomic E-state index is 14.8. The predicted octanol–water partition coefficient (Wildman–Crippen LogP) is 7.33. The van der Waals surface area contributed by atoms with Gasteiger partial charge in [-0.15, -0.1) is 11.3 Å². The minimum Gasteiger partial charge on any atom is -0.447 e. The Morgan fingerprint density at radius 2 is 1.82 bits per heavy atom. The SMILES string of the molecule is CC12CCC(=O)C=C1CCC1C2C(O)CC2(C)C1CC[C@]2(OC(=O)c1c(F)cccc1F)C(=O)CSc1nc2ccccc2s1.